The average Bonchev–Trinajstić information content (AvgIpc) is 3.26. The smallest absolute Gasteiger partial charge is 0.271 e. The number of furan rings is 1. The molecule has 0 spiro atoms. The topological polar surface area (TPSA) is 38.4 Å². The molecule has 3 heterocycles. The Morgan fingerprint density at radius 2 is 2.08 bits per heavy atom. The fourth-order valence-corrected chi connectivity index (χ4v) is 3.74. The second-order valence-corrected chi connectivity index (χ2v) is 7.62. The van der Waals surface area contributed by atoms with Crippen LogP contribution in [0.15, 0.2) is 41.0 Å². The maximum atomic E-state index is 13.0. The molecule has 0 bridgehead atoms. The van der Waals surface area contributed by atoms with Crippen molar-refractivity contribution in [3.8, 4) is 0 Å². The van der Waals surface area contributed by atoms with Crippen molar-refractivity contribution < 1.29 is 9.21 Å². The molecule has 126 valence electrons. The van der Waals surface area contributed by atoms with Crippen LogP contribution in [0.4, 0.5) is 0 Å². The summed E-state index contributed by atoms with van der Waals surface area (Å²) in [6, 6.07) is 9.34. The van der Waals surface area contributed by atoms with Gasteiger partial charge in [-0.3, -0.25) is 4.79 Å². The number of nitrogens with zero attached hydrogens (tertiary/aromatic N) is 2. The van der Waals surface area contributed by atoms with E-state index in [-0.39, 0.29) is 5.91 Å². The van der Waals surface area contributed by atoms with Gasteiger partial charge in [-0.2, -0.15) is 0 Å². The molecule has 3 aromatic heterocycles. The average molecular weight is 383 g/mol. The summed E-state index contributed by atoms with van der Waals surface area (Å²) in [7, 11) is 1.72. The van der Waals surface area contributed by atoms with E-state index in [1.54, 1.807) is 40.2 Å². The number of hydrogen-bond acceptors (Lipinski definition) is 3. The zero-order valence-electron chi connectivity index (χ0n) is 13.3. The molecule has 1 amide bonds. The summed E-state index contributed by atoms with van der Waals surface area (Å²) in [5.41, 5.74) is 0.449. The molecular weight excluding hydrogens is 367 g/mol. The summed E-state index contributed by atoms with van der Waals surface area (Å²) in [6.45, 7) is 2.92. The number of rotatable bonds is 5. The van der Waals surface area contributed by atoms with Crippen molar-refractivity contribution in [2.24, 2.45) is 7.05 Å². The van der Waals surface area contributed by atoms with Crippen LogP contribution in [0.25, 0.3) is 0 Å². The van der Waals surface area contributed by atoms with Gasteiger partial charge in [0.25, 0.3) is 5.91 Å². The molecule has 0 atom stereocenters. The van der Waals surface area contributed by atoms with Crippen LogP contribution in [0, 0.1) is 6.92 Å². The van der Waals surface area contributed by atoms with Crippen LogP contribution in [0.2, 0.25) is 10.2 Å². The third-order valence-corrected chi connectivity index (χ3v) is 5.52. The minimum Gasteiger partial charge on any atom is -0.467 e. The monoisotopic (exact) mass is 382 g/mol. The van der Waals surface area contributed by atoms with Gasteiger partial charge in [0.05, 0.1) is 24.4 Å². The first-order chi connectivity index (χ1) is 11.5. The minimum absolute atomic E-state index is 0.145. The Kier molecular flexibility index (Phi) is 5.04. The van der Waals surface area contributed by atoms with E-state index >= 15 is 0 Å². The van der Waals surface area contributed by atoms with Crippen molar-refractivity contribution in [1.29, 1.82) is 0 Å². The molecule has 3 aromatic rings. The van der Waals surface area contributed by atoms with Crippen molar-refractivity contribution in [2.45, 2.75) is 20.0 Å². The Balaban J connectivity index is 1.90. The largest absolute Gasteiger partial charge is 0.467 e. The van der Waals surface area contributed by atoms with Crippen molar-refractivity contribution in [1.82, 2.24) is 9.47 Å². The first-order valence-corrected chi connectivity index (χ1v) is 8.90. The molecule has 0 radical (unpaired) electrons. The van der Waals surface area contributed by atoms with Crippen LogP contribution < -0.4 is 0 Å². The lowest BCUT2D eigenvalue weighted by Crippen LogP contribution is -2.31. The maximum absolute atomic E-state index is 13.0. The summed E-state index contributed by atoms with van der Waals surface area (Å²) in [6.07, 6.45) is 1.60. The molecule has 7 heteroatoms. The zero-order chi connectivity index (χ0) is 17.3. The van der Waals surface area contributed by atoms with Crippen molar-refractivity contribution in [3.05, 3.63) is 68.0 Å². The van der Waals surface area contributed by atoms with Crippen LogP contribution in [-0.4, -0.2) is 15.4 Å². The molecule has 0 saturated heterocycles. The SMILES string of the molecule is Cc1ccc(CN(Cc2ccco2)C(=O)c2cc(Cl)c(Cl)n2C)s1. The summed E-state index contributed by atoms with van der Waals surface area (Å²) in [5.74, 6) is 0.580. The van der Waals surface area contributed by atoms with Crippen molar-refractivity contribution in [2.75, 3.05) is 0 Å². The molecule has 0 unspecified atom stereocenters. The van der Waals surface area contributed by atoms with Crippen LogP contribution in [0.3, 0.4) is 0 Å². The Morgan fingerprint density at radius 1 is 1.29 bits per heavy atom. The van der Waals surface area contributed by atoms with E-state index in [2.05, 4.69) is 0 Å². The third kappa shape index (κ3) is 3.53. The Bertz CT molecular complexity index is 852. The fourth-order valence-electron chi connectivity index (χ4n) is 2.46. The summed E-state index contributed by atoms with van der Waals surface area (Å²) < 4.78 is 7.00. The Hall–Kier alpha value is -1.69. The van der Waals surface area contributed by atoms with Gasteiger partial charge in [-0.25, -0.2) is 0 Å². The number of thiophene rings is 1. The number of amides is 1. The number of halogens is 2. The standard InChI is InChI=1S/C17H16Cl2N2O2S/c1-11-5-6-13(24-11)10-21(9-12-4-3-7-23-12)17(22)15-8-14(18)16(19)20(15)2/h3-8H,9-10H2,1-2H3. The van der Waals surface area contributed by atoms with Gasteiger partial charge in [-0.15, -0.1) is 11.3 Å². The predicted molar refractivity (Wildman–Crippen MR) is 96.8 cm³/mol. The van der Waals surface area contributed by atoms with Gasteiger partial charge >= 0.3 is 0 Å². The van der Waals surface area contributed by atoms with Gasteiger partial charge in [-0.05, 0) is 37.3 Å². The Morgan fingerprint density at radius 3 is 2.62 bits per heavy atom. The van der Waals surface area contributed by atoms with Gasteiger partial charge in [0.15, 0.2) is 0 Å². The first-order valence-electron chi connectivity index (χ1n) is 7.33. The molecule has 0 N–H and O–H groups in total. The van der Waals surface area contributed by atoms with Crippen LogP contribution in [0.1, 0.15) is 26.0 Å². The second kappa shape index (κ2) is 7.05. The van der Waals surface area contributed by atoms with E-state index in [1.807, 2.05) is 31.2 Å². The number of carbonyl (C=O) groups excluding carboxylic acids is 1. The molecule has 0 saturated carbocycles. The molecule has 0 aromatic carbocycles. The van der Waals surface area contributed by atoms with E-state index < -0.39 is 0 Å². The molecule has 0 aliphatic carbocycles. The van der Waals surface area contributed by atoms with E-state index in [9.17, 15) is 4.79 Å². The van der Waals surface area contributed by atoms with Crippen LogP contribution >= 0.6 is 34.5 Å². The van der Waals surface area contributed by atoms with Gasteiger partial charge in [0.1, 0.15) is 16.6 Å². The zero-order valence-corrected chi connectivity index (χ0v) is 15.6. The molecular formula is C17H16Cl2N2O2S. The predicted octanol–water partition coefficient (Wildman–Crippen LogP) is 5.14. The highest BCUT2D eigenvalue weighted by molar-refractivity contribution is 7.11. The third-order valence-electron chi connectivity index (χ3n) is 3.69. The lowest BCUT2D eigenvalue weighted by atomic mass is 10.3. The summed E-state index contributed by atoms with van der Waals surface area (Å²) in [5, 5.41) is 0.720. The van der Waals surface area contributed by atoms with Crippen molar-refractivity contribution >= 4 is 40.4 Å². The molecule has 0 aliphatic rings. The summed E-state index contributed by atoms with van der Waals surface area (Å²) in [4.78, 5) is 17.1. The quantitative estimate of drug-likeness (QED) is 0.612. The van der Waals surface area contributed by atoms with E-state index in [0.717, 1.165) is 10.6 Å². The summed E-state index contributed by atoms with van der Waals surface area (Å²) >= 11 is 13.8. The molecule has 0 aliphatic heterocycles. The van der Waals surface area contributed by atoms with E-state index in [1.165, 1.54) is 4.88 Å². The van der Waals surface area contributed by atoms with Crippen LogP contribution in [0.5, 0.6) is 0 Å². The van der Waals surface area contributed by atoms with Gasteiger partial charge in [0.2, 0.25) is 0 Å². The highest BCUT2D eigenvalue weighted by Crippen LogP contribution is 2.27. The number of aromatic nitrogens is 1. The number of carbonyl (C=O) groups is 1. The van der Waals surface area contributed by atoms with Gasteiger partial charge in [0, 0.05) is 16.8 Å². The maximum Gasteiger partial charge on any atom is 0.271 e. The number of aryl methyl sites for hydroxylation is 1. The highest BCUT2D eigenvalue weighted by Gasteiger charge is 2.23. The second-order valence-electron chi connectivity index (χ2n) is 5.48. The molecule has 3 rings (SSSR count). The first kappa shape index (κ1) is 17.1. The molecule has 4 nitrogen and oxygen atoms in total. The lowest BCUT2D eigenvalue weighted by molar-refractivity contribution is 0.0710. The van der Waals surface area contributed by atoms with Crippen LogP contribution in [-0.2, 0) is 20.1 Å². The minimum atomic E-state index is -0.145. The highest BCUT2D eigenvalue weighted by atomic mass is 35.5. The molecule has 0 fully saturated rings. The Labute approximate surface area is 154 Å². The lowest BCUT2D eigenvalue weighted by Gasteiger charge is -2.21. The molecule has 24 heavy (non-hydrogen) atoms. The fraction of sp³-hybridized carbons (Fsp3) is 0.235. The van der Waals surface area contributed by atoms with Crippen molar-refractivity contribution in [3.63, 3.8) is 0 Å². The van der Waals surface area contributed by atoms with Gasteiger partial charge in [-0.1, -0.05) is 23.2 Å². The van der Waals surface area contributed by atoms with E-state index in [0.29, 0.717) is 29.0 Å². The van der Waals surface area contributed by atoms with E-state index in [4.69, 9.17) is 27.6 Å². The number of hydrogen-bond donors (Lipinski definition) is 0. The van der Waals surface area contributed by atoms with Gasteiger partial charge < -0.3 is 13.9 Å². The normalized spacial score (nSPS) is 11.0.